The molecule has 1 fully saturated rings. The molecule has 0 bridgehead atoms. The predicted octanol–water partition coefficient (Wildman–Crippen LogP) is 5.25. The van der Waals surface area contributed by atoms with E-state index in [1.807, 2.05) is 24.7 Å². The van der Waals surface area contributed by atoms with Gasteiger partial charge < -0.3 is 10.6 Å². The van der Waals surface area contributed by atoms with Crippen LogP contribution >= 0.6 is 11.3 Å². The molecule has 0 aliphatic carbocycles. The Morgan fingerprint density at radius 3 is 2.71 bits per heavy atom. The van der Waals surface area contributed by atoms with Crippen molar-refractivity contribution in [2.24, 2.45) is 0 Å². The second-order valence-electron chi connectivity index (χ2n) is 9.29. The lowest BCUT2D eigenvalue weighted by atomic mass is 9.98. The van der Waals surface area contributed by atoms with Gasteiger partial charge in [-0.25, -0.2) is 9.97 Å². The first-order valence-corrected chi connectivity index (χ1v) is 11.8. The molecule has 31 heavy (non-hydrogen) atoms. The molecule has 0 saturated carbocycles. The van der Waals surface area contributed by atoms with Gasteiger partial charge in [0.2, 0.25) is 0 Å². The molecule has 0 spiro atoms. The third-order valence-corrected chi connectivity index (χ3v) is 6.42. The Kier molecular flexibility index (Phi) is 6.53. The highest BCUT2D eigenvalue weighted by Gasteiger charge is 2.28. The van der Waals surface area contributed by atoms with Gasteiger partial charge in [-0.15, -0.1) is 11.3 Å². The number of thiazole rings is 1. The van der Waals surface area contributed by atoms with Crippen LogP contribution in [0.5, 0.6) is 0 Å². The minimum absolute atomic E-state index is 0.186. The number of anilines is 3. The zero-order valence-corrected chi connectivity index (χ0v) is 19.7. The summed E-state index contributed by atoms with van der Waals surface area (Å²) in [6.07, 6.45) is 8.80. The van der Waals surface area contributed by atoms with Crippen molar-refractivity contribution in [3.63, 3.8) is 0 Å². The Labute approximate surface area is 189 Å². The Hall–Kier alpha value is -2.51. The number of nitrogens with one attached hydrogen (secondary N) is 2. The maximum atomic E-state index is 4.87. The van der Waals surface area contributed by atoms with Gasteiger partial charge in [0.1, 0.15) is 11.6 Å². The average molecular weight is 437 g/mol. The summed E-state index contributed by atoms with van der Waals surface area (Å²) in [4.78, 5) is 17.3. The van der Waals surface area contributed by atoms with Gasteiger partial charge in [0.15, 0.2) is 5.13 Å². The molecule has 3 aromatic heterocycles. The highest BCUT2D eigenvalue weighted by Crippen LogP contribution is 2.26. The largest absolute Gasteiger partial charge is 0.366 e. The zero-order chi connectivity index (χ0) is 21.8. The van der Waals surface area contributed by atoms with Crippen molar-refractivity contribution in [2.75, 3.05) is 23.7 Å². The third-order valence-electron chi connectivity index (χ3n) is 5.59. The van der Waals surface area contributed by atoms with E-state index >= 15 is 0 Å². The molecule has 4 heterocycles. The molecule has 164 valence electrons. The van der Waals surface area contributed by atoms with Crippen molar-refractivity contribution < 1.29 is 0 Å². The number of nitrogens with zero attached hydrogens (tertiary/aromatic N) is 4. The molecule has 1 saturated heterocycles. The first-order valence-electron chi connectivity index (χ1n) is 11.0. The van der Waals surface area contributed by atoms with E-state index in [2.05, 4.69) is 71.4 Å². The number of aryl methyl sites for hydroxylation is 1. The zero-order valence-electron chi connectivity index (χ0n) is 18.9. The average Bonchev–Trinajstić information content (AvgIpc) is 3.13. The molecule has 7 heteroatoms. The predicted molar refractivity (Wildman–Crippen MR) is 129 cm³/mol. The van der Waals surface area contributed by atoms with Crippen molar-refractivity contribution in [3.05, 3.63) is 58.9 Å². The smallest absolute Gasteiger partial charge is 0.188 e. The van der Waals surface area contributed by atoms with E-state index in [4.69, 9.17) is 4.98 Å². The molecule has 0 amide bonds. The molecule has 4 rings (SSSR count). The van der Waals surface area contributed by atoms with Gasteiger partial charge in [-0.3, -0.25) is 9.88 Å². The standard InChI is InChI=1S/C24H32N6S/c1-17-14-26-23(31-17)29-22-13-19(11-18-7-5-9-25-15-18)12-21(28-22)27-20-8-6-10-30(16-20)24(2,3)4/h5,7,9,12-15,20H,6,8,10-11,16H2,1-4H3,(H2,26,27,28,29). The monoisotopic (exact) mass is 436 g/mol. The summed E-state index contributed by atoms with van der Waals surface area (Å²) in [6, 6.07) is 8.76. The molecular formula is C24H32N6S. The molecule has 0 aromatic carbocycles. The molecule has 3 aromatic rings. The highest BCUT2D eigenvalue weighted by molar-refractivity contribution is 7.15. The summed E-state index contributed by atoms with van der Waals surface area (Å²) in [5.41, 5.74) is 2.57. The van der Waals surface area contributed by atoms with Crippen LogP contribution in [0.1, 0.15) is 49.6 Å². The van der Waals surface area contributed by atoms with Gasteiger partial charge in [-0.2, -0.15) is 0 Å². The first-order chi connectivity index (χ1) is 14.8. The van der Waals surface area contributed by atoms with Crippen LogP contribution in [0.2, 0.25) is 0 Å². The second kappa shape index (κ2) is 9.32. The number of likely N-dealkylation sites (tertiary alicyclic amines) is 1. The van der Waals surface area contributed by atoms with Crippen LogP contribution in [0.4, 0.5) is 16.8 Å². The van der Waals surface area contributed by atoms with E-state index in [0.717, 1.165) is 42.7 Å². The van der Waals surface area contributed by atoms with Crippen LogP contribution in [0, 0.1) is 6.92 Å². The Morgan fingerprint density at radius 2 is 2.00 bits per heavy atom. The number of pyridine rings is 2. The lowest BCUT2D eigenvalue weighted by Gasteiger charge is -2.41. The van der Waals surface area contributed by atoms with E-state index in [0.29, 0.717) is 6.04 Å². The minimum Gasteiger partial charge on any atom is -0.366 e. The van der Waals surface area contributed by atoms with Crippen molar-refractivity contribution in [2.45, 2.75) is 58.5 Å². The molecule has 1 atom stereocenters. The molecule has 1 aliphatic heterocycles. The lowest BCUT2D eigenvalue weighted by molar-refractivity contribution is 0.104. The minimum atomic E-state index is 0.186. The molecule has 1 aliphatic rings. The van der Waals surface area contributed by atoms with Gasteiger partial charge in [0.25, 0.3) is 0 Å². The third kappa shape index (κ3) is 6.02. The van der Waals surface area contributed by atoms with Gasteiger partial charge in [-0.1, -0.05) is 6.07 Å². The second-order valence-corrected chi connectivity index (χ2v) is 10.5. The summed E-state index contributed by atoms with van der Waals surface area (Å²) >= 11 is 1.64. The molecule has 0 radical (unpaired) electrons. The Balaban J connectivity index is 1.56. The van der Waals surface area contributed by atoms with Crippen LogP contribution < -0.4 is 10.6 Å². The van der Waals surface area contributed by atoms with Gasteiger partial charge in [0, 0.05) is 41.6 Å². The Morgan fingerprint density at radius 1 is 1.16 bits per heavy atom. The summed E-state index contributed by atoms with van der Waals surface area (Å²) in [7, 11) is 0. The summed E-state index contributed by atoms with van der Waals surface area (Å²) < 4.78 is 0. The fraction of sp³-hybridized carbons (Fsp3) is 0.458. The maximum Gasteiger partial charge on any atom is 0.188 e. The van der Waals surface area contributed by atoms with E-state index in [1.165, 1.54) is 22.4 Å². The Bertz CT molecular complexity index is 995. The number of hydrogen-bond donors (Lipinski definition) is 2. The molecule has 6 nitrogen and oxygen atoms in total. The van der Waals surface area contributed by atoms with Crippen LogP contribution in [-0.2, 0) is 6.42 Å². The highest BCUT2D eigenvalue weighted by atomic mass is 32.1. The van der Waals surface area contributed by atoms with E-state index in [9.17, 15) is 0 Å². The molecule has 1 unspecified atom stereocenters. The van der Waals surface area contributed by atoms with E-state index < -0.39 is 0 Å². The van der Waals surface area contributed by atoms with Crippen LogP contribution in [0.15, 0.2) is 42.9 Å². The van der Waals surface area contributed by atoms with Crippen LogP contribution in [0.3, 0.4) is 0 Å². The van der Waals surface area contributed by atoms with Crippen molar-refractivity contribution in [3.8, 4) is 0 Å². The molecular weight excluding hydrogens is 404 g/mol. The van der Waals surface area contributed by atoms with Crippen LogP contribution in [0.25, 0.3) is 0 Å². The fourth-order valence-corrected chi connectivity index (χ4v) is 4.67. The topological polar surface area (TPSA) is 66.0 Å². The first kappa shape index (κ1) is 21.7. The number of piperidine rings is 1. The van der Waals surface area contributed by atoms with Crippen molar-refractivity contribution in [1.29, 1.82) is 0 Å². The molecule has 2 N–H and O–H groups in total. The summed E-state index contributed by atoms with van der Waals surface area (Å²) in [5.74, 6) is 1.74. The van der Waals surface area contributed by atoms with Crippen molar-refractivity contribution in [1.82, 2.24) is 19.9 Å². The lowest BCUT2D eigenvalue weighted by Crippen LogP contribution is -2.50. The normalized spacial score (nSPS) is 17.5. The SMILES string of the molecule is Cc1cnc(Nc2cc(Cc3cccnc3)cc(NC3CCCN(C(C)(C)C)C3)n2)s1. The van der Waals surface area contributed by atoms with Gasteiger partial charge in [0.05, 0.1) is 0 Å². The summed E-state index contributed by atoms with van der Waals surface area (Å²) in [5, 5.41) is 7.97. The van der Waals surface area contributed by atoms with Gasteiger partial charge in [-0.05, 0) is 82.8 Å². The van der Waals surface area contributed by atoms with E-state index in [1.54, 1.807) is 11.3 Å². The van der Waals surface area contributed by atoms with Gasteiger partial charge >= 0.3 is 0 Å². The van der Waals surface area contributed by atoms with Crippen LogP contribution in [-0.4, -0.2) is 44.5 Å². The number of aromatic nitrogens is 3. The van der Waals surface area contributed by atoms with Crippen molar-refractivity contribution >= 4 is 28.1 Å². The summed E-state index contributed by atoms with van der Waals surface area (Å²) in [6.45, 7) is 11.1. The fourth-order valence-electron chi connectivity index (χ4n) is 4.00. The quantitative estimate of drug-likeness (QED) is 0.550. The number of rotatable bonds is 6. The van der Waals surface area contributed by atoms with E-state index in [-0.39, 0.29) is 5.54 Å². The maximum absolute atomic E-state index is 4.87. The number of hydrogen-bond acceptors (Lipinski definition) is 7.